The smallest absolute Gasteiger partial charge is 0.237 e. The first kappa shape index (κ1) is 12.1. The minimum Gasteiger partial charge on any atom is -0.435 e. The van der Waals surface area contributed by atoms with Crippen molar-refractivity contribution in [3.05, 3.63) is 59.9 Å². The van der Waals surface area contributed by atoms with E-state index in [0.29, 0.717) is 17.2 Å². The van der Waals surface area contributed by atoms with Crippen molar-refractivity contribution in [3.8, 4) is 17.7 Å². The van der Waals surface area contributed by atoms with Gasteiger partial charge in [-0.25, -0.2) is 4.98 Å². The third-order valence-electron chi connectivity index (χ3n) is 3.04. The Morgan fingerprint density at radius 1 is 1.05 bits per heavy atom. The van der Waals surface area contributed by atoms with Crippen molar-refractivity contribution in [2.75, 3.05) is 0 Å². The predicted molar refractivity (Wildman–Crippen MR) is 75.5 cm³/mol. The van der Waals surface area contributed by atoms with Gasteiger partial charge in [0.25, 0.3) is 0 Å². The van der Waals surface area contributed by atoms with E-state index < -0.39 is 0 Å². The van der Waals surface area contributed by atoms with Crippen LogP contribution in [0, 0.1) is 18.3 Å². The number of hydrogen-bond donors (Lipinski definition) is 0. The third-order valence-corrected chi connectivity index (χ3v) is 3.04. The van der Waals surface area contributed by atoms with Gasteiger partial charge in [0.15, 0.2) is 5.75 Å². The molecule has 0 amide bonds. The van der Waals surface area contributed by atoms with Gasteiger partial charge in [0.1, 0.15) is 17.1 Å². The Morgan fingerprint density at radius 2 is 1.90 bits per heavy atom. The van der Waals surface area contributed by atoms with Gasteiger partial charge >= 0.3 is 0 Å². The van der Waals surface area contributed by atoms with Crippen LogP contribution in [0.5, 0.6) is 11.6 Å². The molecular formula is C16H11N3O. The van der Waals surface area contributed by atoms with E-state index in [9.17, 15) is 5.26 Å². The number of hydrogen-bond acceptors (Lipinski definition) is 4. The summed E-state index contributed by atoms with van der Waals surface area (Å²) in [6, 6.07) is 13.4. The second-order valence-corrected chi connectivity index (χ2v) is 4.35. The van der Waals surface area contributed by atoms with Crippen molar-refractivity contribution >= 4 is 10.9 Å². The maximum absolute atomic E-state index is 9.20. The summed E-state index contributed by atoms with van der Waals surface area (Å²) in [5, 5.41) is 10.2. The number of para-hydroxylation sites is 1. The molecule has 2 aromatic heterocycles. The zero-order chi connectivity index (χ0) is 13.9. The normalized spacial score (nSPS) is 10.2. The number of aryl methyl sites for hydroxylation is 1. The molecule has 3 aromatic rings. The number of fused-ring (bicyclic) bond motifs is 1. The minimum absolute atomic E-state index is 0.311. The van der Waals surface area contributed by atoms with Crippen LogP contribution in [0.15, 0.2) is 48.8 Å². The van der Waals surface area contributed by atoms with E-state index in [0.717, 1.165) is 16.5 Å². The monoisotopic (exact) mass is 261 g/mol. The van der Waals surface area contributed by atoms with Crippen molar-refractivity contribution < 1.29 is 4.74 Å². The highest BCUT2D eigenvalue weighted by molar-refractivity contribution is 5.84. The van der Waals surface area contributed by atoms with Crippen molar-refractivity contribution in [2.45, 2.75) is 6.92 Å². The molecule has 2 heterocycles. The molecule has 0 spiro atoms. The van der Waals surface area contributed by atoms with Crippen molar-refractivity contribution in [1.82, 2.24) is 9.97 Å². The summed E-state index contributed by atoms with van der Waals surface area (Å²) in [6.45, 7) is 1.86. The van der Waals surface area contributed by atoms with Crippen LogP contribution in [0.1, 0.15) is 11.1 Å². The highest BCUT2D eigenvalue weighted by atomic mass is 16.5. The van der Waals surface area contributed by atoms with Gasteiger partial charge in [0, 0.05) is 17.8 Å². The Hall–Kier alpha value is -2.93. The average Bonchev–Trinajstić information content (AvgIpc) is 2.48. The first-order valence-electron chi connectivity index (χ1n) is 6.17. The molecule has 0 aliphatic heterocycles. The van der Waals surface area contributed by atoms with E-state index in [1.165, 1.54) is 0 Å². The summed E-state index contributed by atoms with van der Waals surface area (Å²) in [4.78, 5) is 8.46. The van der Waals surface area contributed by atoms with Gasteiger partial charge in [-0.3, -0.25) is 4.98 Å². The molecule has 1 aromatic carbocycles. The quantitative estimate of drug-likeness (QED) is 0.707. The molecule has 20 heavy (non-hydrogen) atoms. The molecule has 96 valence electrons. The SMILES string of the molecule is Cc1ccnc(Oc2cccc3cccnc23)c1C#N. The molecular weight excluding hydrogens is 250 g/mol. The minimum atomic E-state index is 0.311. The summed E-state index contributed by atoms with van der Waals surface area (Å²) in [5.41, 5.74) is 2.04. The number of ether oxygens (including phenoxy) is 1. The number of nitrogens with zero attached hydrogens (tertiary/aromatic N) is 3. The van der Waals surface area contributed by atoms with Crippen molar-refractivity contribution in [3.63, 3.8) is 0 Å². The van der Waals surface area contributed by atoms with E-state index in [-0.39, 0.29) is 0 Å². The predicted octanol–water partition coefficient (Wildman–Crippen LogP) is 3.60. The Kier molecular flexibility index (Phi) is 3.02. The number of pyridine rings is 2. The lowest BCUT2D eigenvalue weighted by molar-refractivity contribution is 0.465. The third kappa shape index (κ3) is 2.06. The maximum atomic E-state index is 9.20. The summed E-state index contributed by atoms with van der Waals surface area (Å²) < 4.78 is 5.80. The molecule has 3 rings (SSSR count). The van der Waals surface area contributed by atoms with Crippen LogP contribution in [-0.2, 0) is 0 Å². The molecule has 0 radical (unpaired) electrons. The Labute approximate surface area is 116 Å². The van der Waals surface area contributed by atoms with Crippen LogP contribution in [0.25, 0.3) is 10.9 Å². The Bertz CT molecular complexity index is 816. The van der Waals surface area contributed by atoms with Gasteiger partial charge < -0.3 is 4.74 Å². The summed E-state index contributed by atoms with van der Waals surface area (Å²) in [6.07, 6.45) is 3.34. The molecule has 4 nitrogen and oxygen atoms in total. The fourth-order valence-corrected chi connectivity index (χ4v) is 2.01. The number of rotatable bonds is 2. The molecule has 0 bridgehead atoms. The topological polar surface area (TPSA) is 58.8 Å². The van der Waals surface area contributed by atoms with Crippen LogP contribution in [0.4, 0.5) is 0 Å². The molecule has 0 aliphatic carbocycles. The first-order chi connectivity index (χ1) is 9.79. The van der Waals surface area contributed by atoms with Gasteiger partial charge in [-0.15, -0.1) is 0 Å². The second kappa shape index (κ2) is 4.98. The standard InChI is InChI=1S/C16H11N3O/c1-11-7-9-19-16(13(11)10-17)20-14-6-2-4-12-5-3-8-18-15(12)14/h2-9H,1H3. The zero-order valence-electron chi connectivity index (χ0n) is 10.9. The molecule has 0 aliphatic rings. The lowest BCUT2D eigenvalue weighted by atomic mass is 10.1. The van der Waals surface area contributed by atoms with E-state index in [1.807, 2.05) is 37.3 Å². The largest absolute Gasteiger partial charge is 0.435 e. The van der Waals surface area contributed by atoms with Crippen LogP contribution in [0.2, 0.25) is 0 Å². The zero-order valence-corrected chi connectivity index (χ0v) is 10.9. The summed E-state index contributed by atoms with van der Waals surface area (Å²) in [7, 11) is 0. The lowest BCUT2D eigenvalue weighted by Crippen LogP contribution is -1.95. The highest BCUT2D eigenvalue weighted by Gasteiger charge is 2.11. The molecule has 0 saturated heterocycles. The molecule has 0 unspecified atom stereocenters. The van der Waals surface area contributed by atoms with Gasteiger partial charge in [-0.05, 0) is 30.7 Å². The summed E-state index contributed by atoms with van der Waals surface area (Å²) in [5.74, 6) is 0.906. The Morgan fingerprint density at radius 3 is 2.75 bits per heavy atom. The number of nitriles is 1. The van der Waals surface area contributed by atoms with Gasteiger partial charge in [-0.1, -0.05) is 18.2 Å². The molecule has 0 saturated carbocycles. The van der Waals surface area contributed by atoms with Crippen molar-refractivity contribution in [2.24, 2.45) is 0 Å². The second-order valence-electron chi connectivity index (χ2n) is 4.35. The average molecular weight is 261 g/mol. The molecule has 4 heteroatoms. The van der Waals surface area contributed by atoms with Crippen LogP contribution >= 0.6 is 0 Å². The van der Waals surface area contributed by atoms with E-state index in [4.69, 9.17) is 4.74 Å². The van der Waals surface area contributed by atoms with E-state index in [2.05, 4.69) is 16.0 Å². The molecule has 0 fully saturated rings. The number of aromatic nitrogens is 2. The summed E-state index contributed by atoms with van der Waals surface area (Å²) >= 11 is 0. The van der Waals surface area contributed by atoms with Gasteiger partial charge in [-0.2, -0.15) is 5.26 Å². The number of benzene rings is 1. The van der Waals surface area contributed by atoms with E-state index in [1.54, 1.807) is 18.5 Å². The van der Waals surface area contributed by atoms with Crippen LogP contribution in [-0.4, -0.2) is 9.97 Å². The highest BCUT2D eigenvalue weighted by Crippen LogP contribution is 2.29. The van der Waals surface area contributed by atoms with Crippen molar-refractivity contribution in [1.29, 1.82) is 5.26 Å². The fraction of sp³-hybridized carbons (Fsp3) is 0.0625. The van der Waals surface area contributed by atoms with Crippen LogP contribution < -0.4 is 4.74 Å². The first-order valence-corrected chi connectivity index (χ1v) is 6.17. The Balaban J connectivity index is 2.11. The van der Waals surface area contributed by atoms with Gasteiger partial charge in [0.05, 0.1) is 0 Å². The van der Waals surface area contributed by atoms with Gasteiger partial charge in [0.2, 0.25) is 5.88 Å². The maximum Gasteiger partial charge on any atom is 0.237 e. The molecule has 0 N–H and O–H groups in total. The van der Waals surface area contributed by atoms with Crippen LogP contribution in [0.3, 0.4) is 0 Å². The van der Waals surface area contributed by atoms with E-state index >= 15 is 0 Å². The fourth-order valence-electron chi connectivity index (χ4n) is 2.01. The molecule has 0 atom stereocenters. The lowest BCUT2D eigenvalue weighted by Gasteiger charge is -2.09.